The molecule has 3 heteroatoms. The average Bonchev–Trinajstić information content (AvgIpc) is 2.68. The summed E-state index contributed by atoms with van der Waals surface area (Å²) in [6, 6.07) is 6.34. The van der Waals surface area contributed by atoms with Crippen LogP contribution >= 0.6 is 0 Å². The first-order valence-electron chi connectivity index (χ1n) is 4.70. The van der Waals surface area contributed by atoms with E-state index in [2.05, 4.69) is 16.8 Å². The molecular weight excluding hydrogens is 191 g/mol. The summed E-state index contributed by atoms with van der Waals surface area (Å²) in [6.45, 7) is 3.68. The molecule has 1 aromatic carbocycles. The number of benzene rings is 1. The molecule has 0 bridgehead atoms. The lowest BCUT2D eigenvalue weighted by Gasteiger charge is -2.00. The normalized spacial score (nSPS) is 10.2. The van der Waals surface area contributed by atoms with E-state index in [4.69, 9.17) is 0 Å². The number of halogens is 1. The highest BCUT2D eigenvalue weighted by molar-refractivity contribution is 5.62. The summed E-state index contributed by atoms with van der Waals surface area (Å²) < 4.78 is 12.7. The molecule has 0 fully saturated rings. The second-order valence-corrected chi connectivity index (χ2v) is 3.27. The first kappa shape index (κ1) is 9.65. The van der Waals surface area contributed by atoms with Crippen molar-refractivity contribution >= 4 is 0 Å². The maximum absolute atomic E-state index is 12.7. The van der Waals surface area contributed by atoms with Crippen molar-refractivity contribution in [2.24, 2.45) is 0 Å². The Kier molecular flexibility index (Phi) is 2.63. The molecule has 0 amide bonds. The number of H-pyrrole nitrogens is 1. The minimum absolute atomic E-state index is 0.233. The molecule has 0 atom stereocenters. The third kappa shape index (κ3) is 1.96. The van der Waals surface area contributed by atoms with E-state index < -0.39 is 0 Å². The van der Waals surface area contributed by atoms with Gasteiger partial charge in [0.15, 0.2) is 0 Å². The van der Waals surface area contributed by atoms with Crippen LogP contribution in [0.15, 0.2) is 43.1 Å². The van der Waals surface area contributed by atoms with Gasteiger partial charge in [0.1, 0.15) is 5.82 Å². The summed E-state index contributed by atoms with van der Waals surface area (Å²) in [5.41, 5.74) is 2.93. The summed E-state index contributed by atoms with van der Waals surface area (Å²) in [5, 5.41) is 6.88. The summed E-state index contributed by atoms with van der Waals surface area (Å²) in [4.78, 5) is 0. The number of hydrogen-bond donors (Lipinski definition) is 1. The van der Waals surface area contributed by atoms with Crippen molar-refractivity contribution in [1.29, 1.82) is 0 Å². The van der Waals surface area contributed by atoms with Gasteiger partial charge in [0.25, 0.3) is 0 Å². The molecule has 0 aliphatic rings. The van der Waals surface area contributed by atoms with E-state index >= 15 is 0 Å². The van der Waals surface area contributed by atoms with Gasteiger partial charge in [0.05, 0.1) is 11.9 Å². The van der Waals surface area contributed by atoms with Gasteiger partial charge in [0.2, 0.25) is 0 Å². The molecule has 1 heterocycles. The zero-order chi connectivity index (χ0) is 10.7. The Hall–Kier alpha value is -1.90. The zero-order valence-electron chi connectivity index (χ0n) is 8.20. The van der Waals surface area contributed by atoms with Crippen LogP contribution in [-0.4, -0.2) is 10.2 Å². The Labute approximate surface area is 87.5 Å². The monoisotopic (exact) mass is 202 g/mol. The van der Waals surface area contributed by atoms with Crippen LogP contribution in [0.3, 0.4) is 0 Å². The highest BCUT2D eigenvalue weighted by Gasteiger charge is 2.05. The average molecular weight is 202 g/mol. The van der Waals surface area contributed by atoms with Crippen LogP contribution < -0.4 is 0 Å². The number of nitrogens with one attached hydrogen (secondary N) is 1. The van der Waals surface area contributed by atoms with E-state index in [1.165, 1.54) is 12.1 Å². The van der Waals surface area contributed by atoms with E-state index in [0.29, 0.717) is 0 Å². The Bertz CT molecular complexity index is 457. The Balaban J connectivity index is 2.40. The molecule has 0 aliphatic carbocycles. The van der Waals surface area contributed by atoms with Gasteiger partial charge >= 0.3 is 0 Å². The SMILES string of the molecule is C=CCc1cn[nH]c1-c1ccc(F)cc1. The van der Waals surface area contributed by atoms with Crippen LogP contribution in [0.25, 0.3) is 11.3 Å². The lowest BCUT2D eigenvalue weighted by Crippen LogP contribution is -1.85. The number of nitrogens with zero attached hydrogens (tertiary/aromatic N) is 1. The van der Waals surface area contributed by atoms with Gasteiger partial charge in [-0.15, -0.1) is 6.58 Å². The van der Waals surface area contributed by atoms with Crippen molar-refractivity contribution in [3.8, 4) is 11.3 Å². The second-order valence-electron chi connectivity index (χ2n) is 3.27. The van der Waals surface area contributed by atoms with Gasteiger partial charge < -0.3 is 0 Å². The third-order valence-electron chi connectivity index (χ3n) is 2.22. The fourth-order valence-electron chi connectivity index (χ4n) is 1.49. The highest BCUT2D eigenvalue weighted by Crippen LogP contribution is 2.21. The van der Waals surface area contributed by atoms with E-state index in [9.17, 15) is 4.39 Å². The molecule has 2 aromatic rings. The van der Waals surface area contributed by atoms with Crippen LogP contribution in [0.5, 0.6) is 0 Å². The van der Waals surface area contributed by atoms with Gasteiger partial charge in [0, 0.05) is 11.1 Å². The van der Waals surface area contributed by atoms with Crippen LogP contribution in [0.2, 0.25) is 0 Å². The van der Waals surface area contributed by atoms with Crippen LogP contribution in [0.1, 0.15) is 5.56 Å². The molecular formula is C12H11FN2. The first-order valence-corrected chi connectivity index (χ1v) is 4.70. The second kappa shape index (κ2) is 4.09. The fourth-order valence-corrected chi connectivity index (χ4v) is 1.49. The minimum atomic E-state index is -0.233. The van der Waals surface area contributed by atoms with Crippen molar-refractivity contribution in [2.75, 3.05) is 0 Å². The number of rotatable bonds is 3. The standard InChI is InChI=1S/C12H11FN2/c1-2-3-10-8-14-15-12(10)9-4-6-11(13)7-5-9/h2,4-8H,1,3H2,(H,14,15). The molecule has 15 heavy (non-hydrogen) atoms. The van der Waals surface area contributed by atoms with Crippen LogP contribution in [-0.2, 0) is 6.42 Å². The Morgan fingerprint density at radius 2 is 2.07 bits per heavy atom. The summed E-state index contributed by atoms with van der Waals surface area (Å²) in [7, 11) is 0. The van der Waals surface area contributed by atoms with E-state index in [-0.39, 0.29) is 5.82 Å². The largest absolute Gasteiger partial charge is 0.278 e. The molecule has 1 N–H and O–H groups in total. The van der Waals surface area contributed by atoms with E-state index in [1.54, 1.807) is 18.3 Å². The lowest BCUT2D eigenvalue weighted by atomic mass is 10.1. The molecule has 2 nitrogen and oxygen atoms in total. The smallest absolute Gasteiger partial charge is 0.123 e. The molecule has 0 aliphatic heterocycles. The van der Waals surface area contributed by atoms with Crippen molar-refractivity contribution in [2.45, 2.75) is 6.42 Å². The summed E-state index contributed by atoms with van der Waals surface area (Å²) in [5.74, 6) is -0.233. The molecule has 0 saturated carbocycles. The number of aromatic amines is 1. The quantitative estimate of drug-likeness (QED) is 0.761. The number of hydrogen-bond acceptors (Lipinski definition) is 1. The van der Waals surface area contributed by atoms with Crippen molar-refractivity contribution < 1.29 is 4.39 Å². The van der Waals surface area contributed by atoms with Gasteiger partial charge in [-0.3, -0.25) is 5.10 Å². The van der Waals surface area contributed by atoms with Gasteiger partial charge in [-0.1, -0.05) is 6.08 Å². The van der Waals surface area contributed by atoms with Crippen molar-refractivity contribution in [3.63, 3.8) is 0 Å². The molecule has 0 unspecified atom stereocenters. The van der Waals surface area contributed by atoms with E-state index in [1.807, 2.05) is 6.08 Å². The maximum Gasteiger partial charge on any atom is 0.123 e. The zero-order valence-corrected chi connectivity index (χ0v) is 8.20. The Morgan fingerprint density at radius 3 is 2.73 bits per heavy atom. The predicted octanol–water partition coefficient (Wildman–Crippen LogP) is 2.94. The minimum Gasteiger partial charge on any atom is -0.278 e. The van der Waals surface area contributed by atoms with Gasteiger partial charge in [-0.2, -0.15) is 5.10 Å². The van der Waals surface area contributed by atoms with Gasteiger partial charge in [-0.05, 0) is 30.7 Å². The van der Waals surface area contributed by atoms with Crippen LogP contribution in [0.4, 0.5) is 4.39 Å². The molecule has 76 valence electrons. The third-order valence-corrected chi connectivity index (χ3v) is 2.22. The summed E-state index contributed by atoms with van der Waals surface area (Å²) in [6.07, 6.45) is 4.33. The highest BCUT2D eigenvalue weighted by atomic mass is 19.1. The molecule has 1 aromatic heterocycles. The van der Waals surface area contributed by atoms with E-state index in [0.717, 1.165) is 23.2 Å². The topological polar surface area (TPSA) is 28.7 Å². The lowest BCUT2D eigenvalue weighted by molar-refractivity contribution is 0.628. The first-order chi connectivity index (χ1) is 7.31. The maximum atomic E-state index is 12.7. The summed E-state index contributed by atoms with van der Waals surface area (Å²) >= 11 is 0. The van der Waals surface area contributed by atoms with Crippen LogP contribution in [0, 0.1) is 5.82 Å². The molecule has 2 rings (SSSR count). The predicted molar refractivity (Wildman–Crippen MR) is 57.9 cm³/mol. The van der Waals surface area contributed by atoms with Gasteiger partial charge in [-0.25, -0.2) is 4.39 Å². The molecule has 0 saturated heterocycles. The van der Waals surface area contributed by atoms with Crippen molar-refractivity contribution in [3.05, 3.63) is 54.5 Å². The van der Waals surface area contributed by atoms with Crippen molar-refractivity contribution in [1.82, 2.24) is 10.2 Å². The molecule has 0 radical (unpaired) electrons. The Morgan fingerprint density at radius 1 is 1.33 bits per heavy atom. The number of allylic oxidation sites excluding steroid dienone is 1. The fraction of sp³-hybridized carbons (Fsp3) is 0.0833. The molecule has 0 spiro atoms. The number of aromatic nitrogens is 2.